The van der Waals surface area contributed by atoms with Crippen molar-refractivity contribution in [1.82, 2.24) is 5.32 Å². The van der Waals surface area contributed by atoms with Gasteiger partial charge in [0.2, 0.25) is 5.91 Å². The Morgan fingerprint density at radius 2 is 0.896 bits per heavy atom. The zero-order valence-electron chi connectivity index (χ0n) is 44.6. The average Bonchev–Trinajstić information content (AvgIpc) is 3.29. The molecule has 3 unspecified atom stereocenters. The van der Waals surface area contributed by atoms with Crippen LogP contribution >= 0.6 is 7.82 Å². The number of hydrogen-bond donors (Lipinski definition) is 3. The number of allylic oxidation sites excluding steroid dienone is 9. The summed E-state index contributed by atoms with van der Waals surface area (Å²) < 4.78 is 23.6. The lowest BCUT2D eigenvalue weighted by Gasteiger charge is -2.25. The summed E-state index contributed by atoms with van der Waals surface area (Å²) in [4.78, 5) is 23.1. The summed E-state index contributed by atoms with van der Waals surface area (Å²) in [5.74, 6) is -0.256. The molecule has 0 heterocycles. The number of hydrogen-bond acceptors (Lipinski definition) is 5. The van der Waals surface area contributed by atoms with Gasteiger partial charge in [0.1, 0.15) is 13.2 Å². The zero-order valence-corrected chi connectivity index (χ0v) is 45.5. The molecule has 0 aromatic heterocycles. The molecule has 0 spiro atoms. The number of phosphoric acid groups is 1. The number of phosphoric ester groups is 1. The normalized spacial score (nSPS) is 14.4. The van der Waals surface area contributed by atoms with E-state index in [4.69, 9.17) is 9.05 Å². The fraction of sp³-hybridized carbons (Fsp3) is 0.810. The summed E-state index contributed by atoms with van der Waals surface area (Å²) in [6.45, 7) is 4.65. The average molecular weight is 962 g/mol. The van der Waals surface area contributed by atoms with E-state index in [0.717, 1.165) is 44.9 Å². The van der Waals surface area contributed by atoms with Crippen LogP contribution in [0.5, 0.6) is 0 Å². The molecule has 0 aromatic carbocycles. The molecular formula is C58H110N2O6P+. The minimum Gasteiger partial charge on any atom is -0.387 e. The summed E-state index contributed by atoms with van der Waals surface area (Å²) in [6, 6.07) is -0.887. The Balaban J connectivity index is 4.10. The number of quaternary nitrogens is 1. The lowest BCUT2D eigenvalue weighted by molar-refractivity contribution is -0.870. The smallest absolute Gasteiger partial charge is 0.387 e. The standard InChI is InChI=1S/C58H109N2O6P/c1-6-8-10-12-14-16-18-20-21-22-23-24-25-26-27-28-29-30-31-32-33-34-35-36-37-38-40-41-43-45-47-49-51-57(61)56(55-66-67(63,64)65-54-53-60(3,4)5)59-58(62)52-50-48-46-44-42-39-19-17-15-13-11-9-7-2/h9,11,15,17,39,42,46,48-49,51,56-57,61H,6-8,10,12-14,16,18-38,40-41,43-45,47,50,52-55H2,1-5H3,(H-,59,62,63,64)/p+1/b11-9-,17-15-,42-39-,48-46-,51-49+. The molecule has 1 amide bonds. The van der Waals surface area contributed by atoms with Crippen molar-refractivity contribution in [2.24, 2.45) is 0 Å². The summed E-state index contributed by atoms with van der Waals surface area (Å²) in [5.41, 5.74) is 0. The minimum absolute atomic E-state index is 0.0470. The quantitative estimate of drug-likeness (QED) is 0.0243. The second-order valence-electron chi connectivity index (χ2n) is 20.3. The molecule has 0 aromatic rings. The number of nitrogens with one attached hydrogen (secondary N) is 1. The van der Waals surface area contributed by atoms with Crippen LogP contribution in [0.15, 0.2) is 60.8 Å². The molecule has 0 saturated heterocycles. The molecule has 0 fully saturated rings. The van der Waals surface area contributed by atoms with Crippen LogP contribution in [0.25, 0.3) is 0 Å². The third-order valence-electron chi connectivity index (χ3n) is 12.5. The minimum atomic E-state index is -4.36. The molecule has 3 N–H and O–H groups in total. The van der Waals surface area contributed by atoms with Gasteiger partial charge < -0.3 is 19.8 Å². The number of unbranched alkanes of at least 4 members (excludes halogenated alkanes) is 30. The van der Waals surface area contributed by atoms with Gasteiger partial charge in [-0.05, 0) is 44.9 Å². The lowest BCUT2D eigenvalue weighted by atomic mass is 10.0. The van der Waals surface area contributed by atoms with Gasteiger partial charge in [-0.1, -0.05) is 261 Å². The van der Waals surface area contributed by atoms with Crippen LogP contribution in [0.1, 0.15) is 251 Å². The Hall–Kier alpha value is -1.80. The van der Waals surface area contributed by atoms with Crippen LogP contribution in [0.4, 0.5) is 0 Å². The molecular weight excluding hydrogens is 852 g/mol. The van der Waals surface area contributed by atoms with E-state index in [9.17, 15) is 19.4 Å². The zero-order chi connectivity index (χ0) is 49.2. The van der Waals surface area contributed by atoms with Crippen molar-refractivity contribution in [3.05, 3.63) is 60.8 Å². The number of carbonyl (C=O) groups excluding carboxylic acids is 1. The lowest BCUT2D eigenvalue weighted by Crippen LogP contribution is -2.45. The Kier molecular flexibility index (Phi) is 47.9. The monoisotopic (exact) mass is 962 g/mol. The first-order valence-corrected chi connectivity index (χ1v) is 29.7. The van der Waals surface area contributed by atoms with Gasteiger partial charge in [-0.3, -0.25) is 13.8 Å². The summed E-state index contributed by atoms with van der Waals surface area (Å²) in [7, 11) is 1.53. The number of likely N-dealkylation sites (N-methyl/N-ethyl adjacent to an activating group) is 1. The maximum absolute atomic E-state index is 12.9. The Bertz CT molecular complexity index is 1270. The molecule has 392 valence electrons. The van der Waals surface area contributed by atoms with E-state index >= 15 is 0 Å². The molecule has 3 atom stereocenters. The third kappa shape index (κ3) is 51.9. The van der Waals surface area contributed by atoms with E-state index in [1.807, 2.05) is 39.4 Å². The number of rotatable bonds is 51. The largest absolute Gasteiger partial charge is 0.472 e. The van der Waals surface area contributed by atoms with Gasteiger partial charge >= 0.3 is 7.82 Å². The first-order valence-electron chi connectivity index (χ1n) is 28.2. The summed E-state index contributed by atoms with van der Waals surface area (Å²) >= 11 is 0. The van der Waals surface area contributed by atoms with Crippen LogP contribution in [0, 0.1) is 0 Å². The molecule has 0 aliphatic rings. The highest BCUT2D eigenvalue weighted by Gasteiger charge is 2.27. The Morgan fingerprint density at radius 3 is 1.28 bits per heavy atom. The van der Waals surface area contributed by atoms with Gasteiger partial charge in [-0.15, -0.1) is 0 Å². The van der Waals surface area contributed by atoms with E-state index in [2.05, 4.69) is 55.6 Å². The van der Waals surface area contributed by atoms with Crippen molar-refractivity contribution >= 4 is 13.7 Å². The summed E-state index contributed by atoms with van der Waals surface area (Å²) in [6.07, 6.45) is 66.5. The van der Waals surface area contributed by atoms with E-state index in [0.29, 0.717) is 17.4 Å². The number of aliphatic hydroxyl groups excluding tert-OH is 1. The molecule has 0 aliphatic heterocycles. The maximum atomic E-state index is 12.9. The highest BCUT2D eigenvalue weighted by atomic mass is 31.2. The van der Waals surface area contributed by atoms with Crippen molar-refractivity contribution in [2.75, 3.05) is 40.9 Å². The molecule has 0 bridgehead atoms. The number of nitrogens with zero attached hydrogens (tertiary/aromatic N) is 1. The van der Waals surface area contributed by atoms with Crippen molar-refractivity contribution in [3.63, 3.8) is 0 Å². The molecule has 8 nitrogen and oxygen atoms in total. The Labute approximate surface area is 415 Å². The van der Waals surface area contributed by atoms with Crippen molar-refractivity contribution in [2.45, 2.75) is 264 Å². The summed E-state index contributed by atoms with van der Waals surface area (Å²) in [5, 5.41) is 13.8. The SMILES string of the molecule is CC/C=C\C/C=C\C/C=C\C/C=C\CCC(=O)NC(COP(=O)(O)OCC[N+](C)(C)C)C(O)/C=C/CCCCCCCCCCCCCCCCCCCCCCCCCCCCCCCC. The second kappa shape index (κ2) is 49.2. The van der Waals surface area contributed by atoms with E-state index in [1.54, 1.807) is 6.08 Å². The highest BCUT2D eigenvalue weighted by molar-refractivity contribution is 7.47. The topological polar surface area (TPSA) is 105 Å². The molecule has 0 saturated carbocycles. The molecule has 0 radical (unpaired) electrons. The van der Waals surface area contributed by atoms with E-state index < -0.39 is 20.0 Å². The van der Waals surface area contributed by atoms with Gasteiger partial charge in [0.05, 0.1) is 39.9 Å². The van der Waals surface area contributed by atoms with Gasteiger partial charge in [0.15, 0.2) is 0 Å². The van der Waals surface area contributed by atoms with E-state index in [-0.39, 0.29) is 25.5 Å². The highest BCUT2D eigenvalue weighted by Crippen LogP contribution is 2.43. The van der Waals surface area contributed by atoms with Gasteiger partial charge in [-0.2, -0.15) is 0 Å². The predicted molar refractivity (Wildman–Crippen MR) is 290 cm³/mol. The van der Waals surface area contributed by atoms with Crippen LogP contribution in [0.2, 0.25) is 0 Å². The maximum Gasteiger partial charge on any atom is 0.472 e. The first-order chi connectivity index (χ1) is 32.5. The van der Waals surface area contributed by atoms with Gasteiger partial charge in [0, 0.05) is 6.42 Å². The van der Waals surface area contributed by atoms with Crippen LogP contribution in [-0.4, -0.2) is 73.4 Å². The first kappa shape index (κ1) is 65.2. The van der Waals surface area contributed by atoms with Gasteiger partial charge in [0.25, 0.3) is 0 Å². The van der Waals surface area contributed by atoms with Crippen LogP contribution < -0.4 is 5.32 Å². The molecule has 0 rings (SSSR count). The van der Waals surface area contributed by atoms with Crippen LogP contribution in [-0.2, 0) is 18.4 Å². The second-order valence-corrected chi connectivity index (χ2v) is 21.7. The predicted octanol–water partition coefficient (Wildman–Crippen LogP) is 16.9. The van der Waals surface area contributed by atoms with Crippen molar-refractivity contribution in [1.29, 1.82) is 0 Å². The van der Waals surface area contributed by atoms with Crippen LogP contribution in [0.3, 0.4) is 0 Å². The van der Waals surface area contributed by atoms with Crippen molar-refractivity contribution in [3.8, 4) is 0 Å². The number of aliphatic hydroxyl groups is 1. The van der Waals surface area contributed by atoms with E-state index in [1.165, 1.54) is 180 Å². The fourth-order valence-electron chi connectivity index (χ4n) is 8.11. The van der Waals surface area contributed by atoms with Crippen molar-refractivity contribution < 1.29 is 32.9 Å². The fourth-order valence-corrected chi connectivity index (χ4v) is 8.85. The Morgan fingerprint density at radius 1 is 0.522 bits per heavy atom. The third-order valence-corrected chi connectivity index (χ3v) is 13.5. The molecule has 9 heteroatoms. The number of carbonyl (C=O) groups is 1. The van der Waals surface area contributed by atoms with Gasteiger partial charge in [-0.25, -0.2) is 4.57 Å². The molecule has 67 heavy (non-hydrogen) atoms. The number of amides is 1. The molecule has 0 aliphatic carbocycles.